The molecule has 17 heavy (non-hydrogen) atoms. The van der Waals surface area contributed by atoms with Crippen molar-refractivity contribution in [2.45, 2.75) is 50.4 Å². The Balaban J connectivity index is 2.12. The summed E-state index contributed by atoms with van der Waals surface area (Å²) < 4.78 is 5.31. The van der Waals surface area contributed by atoms with E-state index in [0.29, 0.717) is 12.6 Å². The smallest absolute Gasteiger partial charge is 0.100 e. The van der Waals surface area contributed by atoms with Gasteiger partial charge in [-0.15, -0.1) is 0 Å². The lowest BCUT2D eigenvalue weighted by atomic mass is 9.95. The Hall–Kier alpha value is -0.200. The van der Waals surface area contributed by atoms with Gasteiger partial charge in [-0.2, -0.15) is 0 Å². The number of nitrogens with one attached hydrogen (secondary N) is 1. The van der Waals surface area contributed by atoms with E-state index in [4.69, 9.17) is 20.1 Å². The van der Waals surface area contributed by atoms with Crippen LogP contribution in [0.2, 0.25) is 0 Å². The highest BCUT2D eigenvalue weighted by atomic mass is 16.5. The molecule has 0 bridgehead atoms. The summed E-state index contributed by atoms with van der Waals surface area (Å²) in [6.07, 6.45) is 5.07. The maximum atomic E-state index is 9.14. The van der Waals surface area contributed by atoms with Gasteiger partial charge in [0, 0.05) is 12.6 Å². The molecule has 0 saturated heterocycles. The summed E-state index contributed by atoms with van der Waals surface area (Å²) in [5.41, 5.74) is 0. The molecule has 102 valence electrons. The quantitative estimate of drug-likeness (QED) is 0.471. The fourth-order valence-corrected chi connectivity index (χ4v) is 2.08. The topological polar surface area (TPSA) is 82.0 Å². The van der Waals surface area contributed by atoms with E-state index in [1.165, 1.54) is 32.1 Å². The molecule has 0 heterocycles. The zero-order valence-corrected chi connectivity index (χ0v) is 10.3. The van der Waals surface area contributed by atoms with Gasteiger partial charge in [-0.3, -0.25) is 0 Å². The molecule has 5 nitrogen and oxygen atoms in total. The van der Waals surface area contributed by atoms with E-state index in [-0.39, 0.29) is 25.9 Å². The van der Waals surface area contributed by atoms with E-state index in [2.05, 4.69) is 5.32 Å². The molecule has 2 atom stereocenters. The zero-order chi connectivity index (χ0) is 12.5. The van der Waals surface area contributed by atoms with Gasteiger partial charge in [0.15, 0.2) is 0 Å². The SMILES string of the molecule is OCC(O)COC(CO)CNC1CCCCC1. The van der Waals surface area contributed by atoms with Crippen LogP contribution in [0.25, 0.3) is 0 Å². The first-order valence-electron chi connectivity index (χ1n) is 6.51. The highest BCUT2D eigenvalue weighted by Crippen LogP contribution is 2.17. The van der Waals surface area contributed by atoms with Crippen molar-refractivity contribution in [1.29, 1.82) is 0 Å². The molecule has 0 spiro atoms. The molecule has 0 aromatic carbocycles. The fraction of sp³-hybridized carbons (Fsp3) is 1.00. The maximum Gasteiger partial charge on any atom is 0.100 e. The summed E-state index contributed by atoms with van der Waals surface area (Å²) in [5.74, 6) is 0. The number of hydrogen-bond acceptors (Lipinski definition) is 5. The second-order valence-corrected chi connectivity index (χ2v) is 4.72. The largest absolute Gasteiger partial charge is 0.394 e. The lowest BCUT2D eigenvalue weighted by Crippen LogP contribution is -2.40. The lowest BCUT2D eigenvalue weighted by Gasteiger charge is -2.25. The summed E-state index contributed by atoms with van der Waals surface area (Å²) in [7, 11) is 0. The minimum atomic E-state index is -0.862. The Bertz CT molecular complexity index is 185. The predicted octanol–water partition coefficient (Wildman–Crippen LogP) is -0.361. The minimum Gasteiger partial charge on any atom is -0.394 e. The van der Waals surface area contributed by atoms with Gasteiger partial charge in [-0.1, -0.05) is 19.3 Å². The molecule has 5 heteroatoms. The second-order valence-electron chi connectivity index (χ2n) is 4.72. The summed E-state index contributed by atoms with van der Waals surface area (Å²) in [4.78, 5) is 0. The molecule has 1 aliphatic carbocycles. The molecular formula is C12H25NO4. The van der Waals surface area contributed by atoms with Crippen molar-refractivity contribution in [2.24, 2.45) is 0 Å². The van der Waals surface area contributed by atoms with Gasteiger partial charge in [-0.25, -0.2) is 0 Å². The molecule has 1 aliphatic rings. The van der Waals surface area contributed by atoms with Crippen LogP contribution in [-0.4, -0.2) is 59.9 Å². The molecule has 0 aliphatic heterocycles. The highest BCUT2D eigenvalue weighted by Gasteiger charge is 2.16. The van der Waals surface area contributed by atoms with Crippen LogP contribution in [0.1, 0.15) is 32.1 Å². The van der Waals surface area contributed by atoms with Gasteiger partial charge in [0.2, 0.25) is 0 Å². The molecule has 1 fully saturated rings. The Morgan fingerprint density at radius 3 is 2.41 bits per heavy atom. The van der Waals surface area contributed by atoms with Crippen molar-refractivity contribution < 1.29 is 20.1 Å². The van der Waals surface area contributed by atoms with E-state index in [1.807, 2.05) is 0 Å². The van der Waals surface area contributed by atoms with Crippen LogP contribution in [0.3, 0.4) is 0 Å². The van der Waals surface area contributed by atoms with Crippen molar-refractivity contribution in [3.05, 3.63) is 0 Å². The van der Waals surface area contributed by atoms with Crippen molar-refractivity contribution in [2.75, 3.05) is 26.4 Å². The number of aliphatic hydroxyl groups excluding tert-OH is 3. The Morgan fingerprint density at radius 2 is 1.82 bits per heavy atom. The Labute approximate surface area is 103 Å². The molecule has 4 N–H and O–H groups in total. The first-order valence-corrected chi connectivity index (χ1v) is 6.51. The molecule has 1 rings (SSSR count). The van der Waals surface area contributed by atoms with Crippen molar-refractivity contribution in [3.63, 3.8) is 0 Å². The predicted molar refractivity (Wildman–Crippen MR) is 64.8 cm³/mol. The third kappa shape index (κ3) is 6.33. The summed E-state index contributed by atoms with van der Waals surface area (Å²) in [6, 6.07) is 0.532. The Kier molecular flexibility index (Phi) is 7.72. The average Bonchev–Trinajstić information content (AvgIpc) is 2.39. The van der Waals surface area contributed by atoms with Crippen LogP contribution in [0.4, 0.5) is 0 Å². The maximum absolute atomic E-state index is 9.14. The van der Waals surface area contributed by atoms with Crippen molar-refractivity contribution >= 4 is 0 Å². The number of rotatable bonds is 8. The fourth-order valence-electron chi connectivity index (χ4n) is 2.08. The number of aliphatic hydroxyl groups is 3. The monoisotopic (exact) mass is 247 g/mol. The number of hydrogen-bond donors (Lipinski definition) is 4. The lowest BCUT2D eigenvalue weighted by molar-refractivity contribution is -0.0458. The molecule has 0 amide bonds. The minimum absolute atomic E-state index is 0.0636. The van der Waals surface area contributed by atoms with Crippen LogP contribution in [0.15, 0.2) is 0 Å². The highest BCUT2D eigenvalue weighted by molar-refractivity contribution is 4.74. The van der Waals surface area contributed by atoms with E-state index in [1.54, 1.807) is 0 Å². The van der Waals surface area contributed by atoms with E-state index in [0.717, 1.165) is 0 Å². The van der Waals surface area contributed by atoms with Gasteiger partial charge >= 0.3 is 0 Å². The molecule has 0 radical (unpaired) electrons. The standard InChI is InChI=1S/C12H25NO4/c14-7-11(16)9-17-12(8-15)6-13-10-4-2-1-3-5-10/h10-16H,1-9H2. The summed E-state index contributed by atoms with van der Waals surface area (Å²) in [6.45, 7) is 0.277. The Morgan fingerprint density at radius 1 is 1.12 bits per heavy atom. The first-order chi connectivity index (χ1) is 8.26. The normalized spacial score (nSPS) is 21.4. The first kappa shape index (κ1) is 14.9. The van der Waals surface area contributed by atoms with Crippen LogP contribution in [0, 0.1) is 0 Å². The molecule has 1 saturated carbocycles. The van der Waals surface area contributed by atoms with Crippen LogP contribution >= 0.6 is 0 Å². The van der Waals surface area contributed by atoms with Gasteiger partial charge in [0.05, 0.1) is 25.9 Å². The third-order valence-corrected chi connectivity index (χ3v) is 3.18. The van der Waals surface area contributed by atoms with Crippen LogP contribution < -0.4 is 5.32 Å². The summed E-state index contributed by atoms with van der Waals surface area (Å²) >= 11 is 0. The van der Waals surface area contributed by atoms with Crippen LogP contribution in [-0.2, 0) is 4.74 Å². The molecule has 2 unspecified atom stereocenters. The summed E-state index contributed by atoms with van der Waals surface area (Å²) in [5, 5.41) is 30.3. The van der Waals surface area contributed by atoms with Crippen molar-refractivity contribution in [1.82, 2.24) is 5.32 Å². The molecular weight excluding hydrogens is 222 g/mol. The van der Waals surface area contributed by atoms with Gasteiger partial charge in [0.1, 0.15) is 6.10 Å². The zero-order valence-electron chi connectivity index (χ0n) is 10.3. The molecule has 0 aromatic heterocycles. The van der Waals surface area contributed by atoms with E-state index < -0.39 is 6.10 Å². The van der Waals surface area contributed by atoms with E-state index >= 15 is 0 Å². The van der Waals surface area contributed by atoms with Gasteiger partial charge < -0.3 is 25.4 Å². The molecule has 0 aromatic rings. The number of ether oxygens (including phenoxy) is 1. The van der Waals surface area contributed by atoms with Gasteiger partial charge in [0.25, 0.3) is 0 Å². The van der Waals surface area contributed by atoms with Crippen molar-refractivity contribution in [3.8, 4) is 0 Å². The van der Waals surface area contributed by atoms with Gasteiger partial charge in [-0.05, 0) is 12.8 Å². The average molecular weight is 247 g/mol. The van der Waals surface area contributed by atoms with Crippen LogP contribution in [0.5, 0.6) is 0 Å². The second kappa shape index (κ2) is 8.83. The van der Waals surface area contributed by atoms with E-state index in [9.17, 15) is 0 Å². The third-order valence-electron chi connectivity index (χ3n) is 3.18.